The molecule has 0 amide bonds. The molecule has 1 fully saturated rings. The molecule has 2 nitrogen and oxygen atoms in total. The summed E-state index contributed by atoms with van der Waals surface area (Å²) in [6, 6.07) is 0. The average Bonchev–Trinajstić information content (AvgIpc) is 2.31. The van der Waals surface area contributed by atoms with Crippen molar-refractivity contribution in [2.24, 2.45) is 0 Å². The number of ketones is 1. The van der Waals surface area contributed by atoms with Gasteiger partial charge in [0.05, 0.1) is 0 Å². The van der Waals surface area contributed by atoms with Gasteiger partial charge in [-0.05, 0) is 12.8 Å². The lowest BCUT2D eigenvalue weighted by Crippen LogP contribution is -2.17. The summed E-state index contributed by atoms with van der Waals surface area (Å²) in [5.74, 6) is 2.54. The Kier molecular flexibility index (Phi) is 2.47. The van der Waals surface area contributed by atoms with E-state index in [9.17, 15) is 4.79 Å². The smallest absolute Gasteiger partial charge is 0.161 e. The molecule has 0 aliphatic heterocycles. The largest absolute Gasteiger partial charge is 0.358 e. The van der Waals surface area contributed by atoms with Crippen LogP contribution in [0.25, 0.3) is 0 Å². The fraction of sp³-hybridized carbons (Fsp3) is 0.625. The summed E-state index contributed by atoms with van der Waals surface area (Å²) in [6.45, 7) is 0.260. The molecule has 0 N–H and O–H groups in total. The fourth-order valence-electron chi connectivity index (χ4n) is 1.11. The topological polar surface area (TPSA) is 26.3 Å². The number of ether oxygens (including phenoxy) is 1. The van der Waals surface area contributed by atoms with Gasteiger partial charge in [-0.15, -0.1) is 6.42 Å². The van der Waals surface area contributed by atoms with E-state index in [0.29, 0.717) is 6.42 Å². The zero-order valence-corrected chi connectivity index (χ0v) is 5.80. The molecule has 1 aliphatic carbocycles. The highest BCUT2D eigenvalue weighted by Gasteiger charge is 2.24. The van der Waals surface area contributed by atoms with Gasteiger partial charge in [-0.1, -0.05) is 5.92 Å². The molecule has 0 aromatic rings. The van der Waals surface area contributed by atoms with E-state index in [1.807, 2.05) is 0 Å². The maximum absolute atomic E-state index is 10.9. The first-order valence-electron chi connectivity index (χ1n) is 3.42. The van der Waals surface area contributed by atoms with Crippen LogP contribution in [0.2, 0.25) is 0 Å². The molecule has 1 rings (SSSR count). The van der Waals surface area contributed by atoms with Crippen molar-refractivity contribution in [3.05, 3.63) is 0 Å². The van der Waals surface area contributed by atoms with E-state index in [-0.39, 0.29) is 18.5 Å². The summed E-state index contributed by atoms with van der Waals surface area (Å²) >= 11 is 0. The molecular weight excluding hydrogens is 128 g/mol. The van der Waals surface area contributed by atoms with Crippen LogP contribution in [-0.2, 0) is 9.53 Å². The number of hydrogen-bond acceptors (Lipinski definition) is 2. The molecule has 0 heterocycles. The first-order valence-corrected chi connectivity index (χ1v) is 3.42. The molecule has 54 valence electrons. The Labute approximate surface area is 60.6 Å². The normalized spacial score (nSPS) is 24.7. The molecule has 0 spiro atoms. The Morgan fingerprint density at radius 1 is 1.80 bits per heavy atom. The van der Waals surface area contributed by atoms with Gasteiger partial charge in [0, 0.05) is 6.42 Å². The molecule has 1 atom stereocenters. The van der Waals surface area contributed by atoms with E-state index in [1.54, 1.807) is 0 Å². The van der Waals surface area contributed by atoms with Crippen LogP contribution in [0.1, 0.15) is 19.3 Å². The van der Waals surface area contributed by atoms with Gasteiger partial charge in [0.15, 0.2) is 5.78 Å². The van der Waals surface area contributed by atoms with Crippen LogP contribution in [0.4, 0.5) is 0 Å². The highest BCUT2D eigenvalue weighted by atomic mass is 16.5. The Hall–Kier alpha value is -0.810. The van der Waals surface area contributed by atoms with Crippen molar-refractivity contribution in [2.45, 2.75) is 25.4 Å². The third-order valence-corrected chi connectivity index (χ3v) is 1.62. The average molecular weight is 138 g/mol. The van der Waals surface area contributed by atoms with Gasteiger partial charge in [-0.2, -0.15) is 0 Å². The van der Waals surface area contributed by atoms with Gasteiger partial charge >= 0.3 is 0 Å². The molecule has 10 heavy (non-hydrogen) atoms. The molecule has 1 saturated carbocycles. The molecule has 1 unspecified atom stereocenters. The second-order valence-electron chi connectivity index (χ2n) is 2.36. The second kappa shape index (κ2) is 3.38. The van der Waals surface area contributed by atoms with Crippen LogP contribution in [0.15, 0.2) is 0 Å². The Bertz CT molecular complexity index is 167. The van der Waals surface area contributed by atoms with Crippen molar-refractivity contribution in [3.63, 3.8) is 0 Å². The second-order valence-corrected chi connectivity index (χ2v) is 2.36. The maximum Gasteiger partial charge on any atom is 0.161 e. The van der Waals surface area contributed by atoms with E-state index < -0.39 is 0 Å². The first kappa shape index (κ1) is 7.30. The van der Waals surface area contributed by atoms with Crippen molar-refractivity contribution in [1.82, 2.24) is 0 Å². The van der Waals surface area contributed by atoms with Crippen LogP contribution in [0, 0.1) is 12.3 Å². The highest BCUT2D eigenvalue weighted by molar-refractivity contribution is 5.84. The van der Waals surface area contributed by atoms with Crippen molar-refractivity contribution in [2.75, 3.05) is 6.61 Å². The van der Waals surface area contributed by atoms with E-state index in [0.717, 1.165) is 12.8 Å². The summed E-state index contributed by atoms with van der Waals surface area (Å²) in [5.41, 5.74) is 0. The lowest BCUT2D eigenvalue weighted by atomic mass is 10.3. The number of carbonyl (C=O) groups excluding carboxylic acids is 1. The third kappa shape index (κ3) is 1.58. The van der Waals surface area contributed by atoms with Crippen LogP contribution in [0.3, 0.4) is 0 Å². The molecule has 0 saturated heterocycles. The molecule has 1 aliphatic rings. The zero-order chi connectivity index (χ0) is 7.40. The van der Waals surface area contributed by atoms with Gasteiger partial charge in [-0.3, -0.25) is 4.79 Å². The third-order valence-electron chi connectivity index (χ3n) is 1.62. The SMILES string of the molecule is C#CCOC1CCCC1=O. The van der Waals surface area contributed by atoms with Gasteiger partial charge in [0.25, 0.3) is 0 Å². The fourth-order valence-corrected chi connectivity index (χ4v) is 1.11. The lowest BCUT2D eigenvalue weighted by Gasteiger charge is -2.04. The minimum absolute atomic E-state index is 0.198. The van der Waals surface area contributed by atoms with E-state index >= 15 is 0 Å². The van der Waals surface area contributed by atoms with Crippen molar-refractivity contribution in [3.8, 4) is 12.3 Å². The van der Waals surface area contributed by atoms with Gasteiger partial charge < -0.3 is 4.74 Å². The highest BCUT2D eigenvalue weighted by Crippen LogP contribution is 2.16. The molecule has 0 aromatic carbocycles. The van der Waals surface area contributed by atoms with Crippen molar-refractivity contribution < 1.29 is 9.53 Å². The van der Waals surface area contributed by atoms with Crippen LogP contribution >= 0.6 is 0 Å². The molecule has 0 aromatic heterocycles. The number of terminal acetylenes is 1. The predicted octanol–water partition coefficient (Wildman–Crippen LogP) is 0.758. The van der Waals surface area contributed by atoms with Gasteiger partial charge in [-0.25, -0.2) is 0 Å². The Morgan fingerprint density at radius 3 is 3.10 bits per heavy atom. The van der Waals surface area contributed by atoms with Crippen LogP contribution in [-0.4, -0.2) is 18.5 Å². The van der Waals surface area contributed by atoms with Crippen molar-refractivity contribution in [1.29, 1.82) is 0 Å². The molecular formula is C8H10O2. The van der Waals surface area contributed by atoms with Gasteiger partial charge in [0.2, 0.25) is 0 Å². The predicted molar refractivity (Wildman–Crippen MR) is 37.4 cm³/mol. The minimum atomic E-state index is -0.198. The minimum Gasteiger partial charge on any atom is -0.358 e. The summed E-state index contributed by atoms with van der Waals surface area (Å²) in [7, 11) is 0. The standard InChI is InChI=1S/C8H10O2/c1-2-6-10-8-5-3-4-7(8)9/h1,8H,3-6H2. The molecule has 0 radical (unpaired) electrons. The quantitative estimate of drug-likeness (QED) is 0.526. The van der Waals surface area contributed by atoms with E-state index in [1.165, 1.54) is 0 Å². The number of Topliss-reactive ketones (excluding diaryl/α,β-unsaturated/α-hetero) is 1. The summed E-state index contributed by atoms with van der Waals surface area (Å²) < 4.78 is 5.08. The number of hydrogen-bond donors (Lipinski definition) is 0. The van der Waals surface area contributed by atoms with E-state index in [4.69, 9.17) is 11.2 Å². The Morgan fingerprint density at radius 2 is 2.60 bits per heavy atom. The summed E-state index contributed by atoms with van der Waals surface area (Å²) in [5, 5.41) is 0. The zero-order valence-electron chi connectivity index (χ0n) is 5.80. The first-order chi connectivity index (χ1) is 4.84. The molecule has 0 bridgehead atoms. The Balaban J connectivity index is 2.28. The van der Waals surface area contributed by atoms with Gasteiger partial charge in [0.1, 0.15) is 12.7 Å². The van der Waals surface area contributed by atoms with Crippen LogP contribution < -0.4 is 0 Å². The summed E-state index contributed by atoms with van der Waals surface area (Å²) in [6.07, 6.45) is 7.23. The monoisotopic (exact) mass is 138 g/mol. The molecule has 2 heteroatoms. The summed E-state index contributed by atoms with van der Waals surface area (Å²) in [4.78, 5) is 10.9. The maximum atomic E-state index is 10.9. The number of carbonyl (C=O) groups is 1. The van der Waals surface area contributed by atoms with Crippen molar-refractivity contribution >= 4 is 5.78 Å². The lowest BCUT2D eigenvalue weighted by molar-refractivity contribution is -0.126. The number of rotatable bonds is 2. The van der Waals surface area contributed by atoms with Crippen LogP contribution in [0.5, 0.6) is 0 Å². The van der Waals surface area contributed by atoms with E-state index in [2.05, 4.69) is 5.92 Å².